The molecule has 0 saturated heterocycles. The minimum atomic E-state index is -0.295. The highest BCUT2D eigenvalue weighted by atomic mass is 32.1. The molecule has 0 radical (unpaired) electrons. The topological polar surface area (TPSA) is 37.4 Å². The van der Waals surface area contributed by atoms with Gasteiger partial charge in [-0.05, 0) is 24.6 Å². The third-order valence-electron chi connectivity index (χ3n) is 2.44. The number of hydrogen-bond donors (Lipinski definition) is 1. The zero-order chi connectivity index (χ0) is 11.7. The molecule has 1 atom stereocenters. The van der Waals surface area contributed by atoms with Crippen LogP contribution in [0.25, 0.3) is 0 Å². The van der Waals surface area contributed by atoms with E-state index in [9.17, 15) is 9.59 Å². The van der Waals surface area contributed by atoms with Crippen molar-refractivity contribution in [3.8, 4) is 0 Å². The SMILES string of the molecule is CC(S)c1ccc(N2C(=O)C=CC2=O)cc1. The first-order valence-electron chi connectivity index (χ1n) is 4.94. The normalized spacial score (nSPS) is 17.0. The lowest BCUT2D eigenvalue weighted by Crippen LogP contribution is -2.29. The lowest BCUT2D eigenvalue weighted by Gasteiger charge is -2.14. The Labute approximate surface area is 99.2 Å². The van der Waals surface area contributed by atoms with Crippen LogP contribution in [0, 0.1) is 0 Å². The van der Waals surface area contributed by atoms with Crippen LogP contribution < -0.4 is 4.90 Å². The van der Waals surface area contributed by atoms with Gasteiger partial charge in [0.1, 0.15) is 0 Å². The van der Waals surface area contributed by atoms with Gasteiger partial charge in [-0.25, -0.2) is 4.90 Å². The van der Waals surface area contributed by atoms with E-state index in [0.29, 0.717) is 5.69 Å². The second kappa shape index (κ2) is 4.14. The number of rotatable bonds is 2. The fraction of sp³-hybridized carbons (Fsp3) is 0.167. The summed E-state index contributed by atoms with van der Waals surface area (Å²) in [5.74, 6) is -0.589. The van der Waals surface area contributed by atoms with Gasteiger partial charge >= 0.3 is 0 Å². The summed E-state index contributed by atoms with van der Waals surface area (Å²) in [5, 5.41) is 0.136. The summed E-state index contributed by atoms with van der Waals surface area (Å²) >= 11 is 4.31. The monoisotopic (exact) mass is 233 g/mol. The molecular formula is C12H11NO2S. The van der Waals surface area contributed by atoms with E-state index in [1.807, 2.05) is 19.1 Å². The van der Waals surface area contributed by atoms with Crippen LogP contribution in [0.2, 0.25) is 0 Å². The van der Waals surface area contributed by atoms with Gasteiger partial charge in [0.05, 0.1) is 5.69 Å². The Kier molecular flexibility index (Phi) is 2.83. The Bertz CT molecular complexity index is 444. The van der Waals surface area contributed by atoms with Gasteiger partial charge in [0.15, 0.2) is 0 Å². The zero-order valence-electron chi connectivity index (χ0n) is 8.75. The highest BCUT2D eigenvalue weighted by molar-refractivity contribution is 7.80. The number of hydrogen-bond acceptors (Lipinski definition) is 3. The van der Waals surface area contributed by atoms with Crippen LogP contribution in [0.3, 0.4) is 0 Å². The van der Waals surface area contributed by atoms with Crippen molar-refractivity contribution >= 4 is 30.1 Å². The first-order chi connectivity index (χ1) is 7.59. The van der Waals surface area contributed by atoms with Crippen molar-refractivity contribution in [2.24, 2.45) is 0 Å². The van der Waals surface area contributed by atoms with Gasteiger partial charge in [0.25, 0.3) is 11.8 Å². The van der Waals surface area contributed by atoms with Crippen molar-refractivity contribution in [3.05, 3.63) is 42.0 Å². The van der Waals surface area contributed by atoms with Crippen molar-refractivity contribution in [2.75, 3.05) is 4.90 Å². The van der Waals surface area contributed by atoms with Crippen LogP contribution in [0.5, 0.6) is 0 Å². The molecule has 2 amide bonds. The molecule has 16 heavy (non-hydrogen) atoms. The number of amides is 2. The van der Waals surface area contributed by atoms with E-state index >= 15 is 0 Å². The zero-order valence-corrected chi connectivity index (χ0v) is 9.65. The van der Waals surface area contributed by atoms with E-state index in [-0.39, 0.29) is 17.1 Å². The van der Waals surface area contributed by atoms with E-state index in [0.717, 1.165) is 10.5 Å². The molecule has 0 bridgehead atoms. The van der Waals surface area contributed by atoms with Crippen molar-refractivity contribution in [1.29, 1.82) is 0 Å². The number of thiol groups is 1. The number of carbonyl (C=O) groups excluding carboxylic acids is 2. The molecule has 82 valence electrons. The number of carbonyl (C=O) groups is 2. The molecule has 4 heteroatoms. The van der Waals surface area contributed by atoms with E-state index in [4.69, 9.17) is 0 Å². The third-order valence-corrected chi connectivity index (χ3v) is 2.74. The minimum Gasteiger partial charge on any atom is -0.269 e. The Balaban J connectivity index is 2.29. The van der Waals surface area contributed by atoms with E-state index in [1.54, 1.807) is 12.1 Å². The van der Waals surface area contributed by atoms with Crippen LogP contribution >= 0.6 is 12.6 Å². The van der Waals surface area contributed by atoms with Crippen molar-refractivity contribution in [1.82, 2.24) is 0 Å². The van der Waals surface area contributed by atoms with Crippen LogP contribution in [0.1, 0.15) is 17.7 Å². The van der Waals surface area contributed by atoms with E-state index < -0.39 is 0 Å². The quantitative estimate of drug-likeness (QED) is 0.627. The number of anilines is 1. The van der Waals surface area contributed by atoms with Crippen LogP contribution in [0.15, 0.2) is 36.4 Å². The lowest BCUT2D eigenvalue weighted by atomic mass is 10.1. The summed E-state index contributed by atoms with van der Waals surface area (Å²) in [4.78, 5) is 24.0. The molecule has 1 aliphatic heterocycles. The fourth-order valence-corrected chi connectivity index (χ4v) is 1.73. The van der Waals surface area contributed by atoms with Crippen molar-refractivity contribution < 1.29 is 9.59 Å². The van der Waals surface area contributed by atoms with Gasteiger partial charge in [0.2, 0.25) is 0 Å². The molecule has 0 fully saturated rings. The predicted octanol–water partition coefficient (Wildman–Crippen LogP) is 2.11. The first kappa shape index (κ1) is 11.0. The molecular weight excluding hydrogens is 222 g/mol. The summed E-state index contributed by atoms with van der Waals surface area (Å²) < 4.78 is 0. The number of imide groups is 1. The molecule has 0 saturated carbocycles. The van der Waals surface area contributed by atoms with Gasteiger partial charge in [-0.15, -0.1) is 0 Å². The maximum absolute atomic E-state index is 11.4. The second-order valence-corrected chi connectivity index (χ2v) is 4.39. The smallest absolute Gasteiger partial charge is 0.258 e. The summed E-state index contributed by atoms with van der Waals surface area (Å²) in [6.07, 6.45) is 2.55. The Hall–Kier alpha value is -1.55. The molecule has 1 aliphatic rings. The molecule has 1 heterocycles. The predicted molar refractivity (Wildman–Crippen MR) is 65.5 cm³/mol. The van der Waals surface area contributed by atoms with E-state index in [2.05, 4.69) is 12.6 Å². The molecule has 0 aliphatic carbocycles. The largest absolute Gasteiger partial charge is 0.269 e. The molecule has 1 unspecified atom stereocenters. The van der Waals surface area contributed by atoms with E-state index in [1.165, 1.54) is 12.2 Å². The lowest BCUT2D eigenvalue weighted by molar-refractivity contribution is -0.119. The summed E-state index contributed by atoms with van der Waals surface area (Å²) in [6, 6.07) is 7.24. The molecule has 0 aromatic heterocycles. The van der Waals surface area contributed by atoms with Crippen LogP contribution in [0.4, 0.5) is 5.69 Å². The van der Waals surface area contributed by atoms with Gasteiger partial charge in [0, 0.05) is 17.4 Å². The van der Waals surface area contributed by atoms with Crippen LogP contribution in [-0.4, -0.2) is 11.8 Å². The first-order valence-corrected chi connectivity index (χ1v) is 5.45. The molecule has 1 aromatic rings. The maximum Gasteiger partial charge on any atom is 0.258 e. The Morgan fingerprint density at radius 2 is 1.56 bits per heavy atom. The third kappa shape index (κ3) is 1.88. The maximum atomic E-state index is 11.4. The molecule has 3 nitrogen and oxygen atoms in total. The van der Waals surface area contributed by atoms with Gasteiger partial charge in [-0.1, -0.05) is 12.1 Å². The number of benzene rings is 1. The van der Waals surface area contributed by atoms with Gasteiger partial charge in [-0.2, -0.15) is 12.6 Å². The molecule has 2 rings (SSSR count). The van der Waals surface area contributed by atoms with Crippen molar-refractivity contribution in [2.45, 2.75) is 12.2 Å². The highest BCUT2D eigenvalue weighted by Gasteiger charge is 2.24. The average Bonchev–Trinajstić information content (AvgIpc) is 2.59. The highest BCUT2D eigenvalue weighted by Crippen LogP contribution is 2.24. The van der Waals surface area contributed by atoms with Gasteiger partial charge < -0.3 is 0 Å². The second-order valence-electron chi connectivity index (χ2n) is 3.61. The molecule has 1 aromatic carbocycles. The van der Waals surface area contributed by atoms with Gasteiger partial charge in [-0.3, -0.25) is 9.59 Å². The Morgan fingerprint density at radius 3 is 2.00 bits per heavy atom. The summed E-state index contributed by atoms with van der Waals surface area (Å²) in [7, 11) is 0. The summed E-state index contributed by atoms with van der Waals surface area (Å²) in [6.45, 7) is 1.96. The Morgan fingerprint density at radius 1 is 1.06 bits per heavy atom. The molecule has 0 N–H and O–H groups in total. The number of nitrogens with zero attached hydrogens (tertiary/aromatic N) is 1. The standard InChI is InChI=1S/C12H11NO2S/c1-8(16)9-2-4-10(5-3-9)13-11(14)6-7-12(13)15/h2-8,16H,1H3. The average molecular weight is 233 g/mol. The fourth-order valence-electron chi connectivity index (χ4n) is 1.56. The van der Waals surface area contributed by atoms with Crippen LogP contribution in [-0.2, 0) is 9.59 Å². The van der Waals surface area contributed by atoms with Crippen molar-refractivity contribution in [3.63, 3.8) is 0 Å². The summed E-state index contributed by atoms with van der Waals surface area (Å²) in [5.41, 5.74) is 1.65. The molecule has 0 spiro atoms. The minimum absolute atomic E-state index is 0.136.